The third-order valence-electron chi connectivity index (χ3n) is 3.77. The van der Waals surface area contributed by atoms with Crippen molar-refractivity contribution in [3.05, 3.63) is 45.7 Å². The van der Waals surface area contributed by atoms with Crippen molar-refractivity contribution in [1.29, 1.82) is 0 Å². The molecule has 2 aromatic heterocycles. The third-order valence-corrected chi connectivity index (χ3v) is 4.37. The van der Waals surface area contributed by atoms with E-state index in [-0.39, 0.29) is 0 Å². The molecule has 0 amide bonds. The lowest BCUT2D eigenvalue weighted by Gasteiger charge is -2.17. The van der Waals surface area contributed by atoms with Gasteiger partial charge in [-0.25, -0.2) is 4.98 Å². The molecule has 2 heterocycles. The quantitative estimate of drug-likeness (QED) is 0.761. The summed E-state index contributed by atoms with van der Waals surface area (Å²) >= 11 is 3.61. The van der Waals surface area contributed by atoms with E-state index >= 15 is 0 Å². The van der Waals surface area contributed by atoms with E-state index in [1.54, 1.807) is 18.0 Å². The van der Waals surface area contributed by atoms with Gasteiger partial charge in [0.1, 0.15) is 17.9 Å². The smallest absolute Gasteiger partial charge is 0.160 e. The van der Waals surface area contributed by atoms with Crippen molar-refractivity contribution in [3.8, 4) is 5.75 Å². The highest BCUT2D eigenvalue weighted by molar-refractivity contribution is 9.10. The molecule has 22 heavy (non-hydrogen) atoms. The van der Waals surface area contributed by atoms with Crippen molar-refractivity contribution in [1.82, 2.24) is 14.6 Å². The maximum Gasteiger partial charge on any atom is 0.160 e. The van der Waals surface area contributed by atoms with Crippen molar-refractivity contribution in [3.63, 3.8) is 0 Å². The first-order valence-corrected chi connectivity index (χ1v) is 7.72. The van der Waals surface area contributed by atoms with Gasteiger partial charge in [-0.2, -0.15) is 9.61 Å². The number of aromatic nitrogens is 3. The number of aryl methyl sites for hydroxylation is 2. The number of benzene rings is 1. The molecule has 0 aliphatic heterocycles. The molecule has 0 radical (unpaired) electrons. The Labute approximate surface area is 137 Å². The first-order chi connectivity index (χ1) is 10.5. The second kappa shape index (κ2) is 5.61. The number of methoxy groups -OCH3 is 1. The molecule has 0 saturated heterocycles. The lowest BCUT2D eigenvalue weighted by molar-refractivity contribution is 0.412. The number of rotatable bonds is 3. The normalized spacial score (nSPS) is 11.0. The topological polar surface area (TPSA) is 51.5 Å². The van der Waals surface area contributed by atoms with Crippen molar-refractivity contribution < 1.29 is 4.74 Å². The average Bonchev–Trinajstić information content (AvgIpc) is 2.96. The van der Waals surface area contributed by atoms with Crippen LogP contribution in [0.4, 0.5) is 11.5 Å². The molecule has 5 nitrogen and oxygen atoms in total. The van der Waals surface area contributed by atoms with Crippen LogP contribution in [0.25, 0.3) is 5.65 Å². The Balaban J connectivity index is 2.17. The molecule has 0 atom stereocenters. The molecular weight excluding hydrogens is 344 g/mol. The fourth-order valence-corrected chi connectivity index (χ4v) is 3.18. The van der Waals surface area contributed by atoms with Gasteiger partial charge in [0.15, 0.2) is 5.65 Å². The van der Waals surface area contributed by atoms with Crippen molar-refractivity contribution in [2.24, 2.45) is 0 Å². The van der Waals surface area contributed by atoms with Crippen LogP contribution < -0.4 is 10.1 Å². The molecule has 1 aromatic carbocycles. The first kappa shape index (κ1) is 14.8. The van der Waals surface area contributed by atoms with Gasteiger partial charge < -0.3 is 10.1 Å². The van der Waals surface area contributed by atoms with E-state index in [2.05, 4.69) is 38.3 Å². The number of nitrogens with zero attached hydrogens (tertiary/aromatic N) is 3. The molecule has 3 aromatic rings. The van der Waals surface area contributed by atoms with Crippen molar-refractivity contribution in [2.45, 2.75) is 20.8 Å². The Morgan fingerprint density at radius 2 is 1.95 bits per heavy atom. The molecule has 0 bridgehead atoms. The summed E-state index contributed by atoms with van der Waals surface area (Å²) in [5.41, 5.74) is 5.11. The highest BCUT2D eigenvalue weighted by Gasteiger charge is 2.14. The monoisotopic (exact) mass is 360 g/mol. The average molecular weight is 361 g/mol. The second-order valence-electron chi connectivity index (χ2n) is 5.23. The van der Waals surface area contributed by atoms with E-state index in [1.165, 1.54) is 0 Å². The number of hydrogen-bond acceptors (Lipinski definition) is 4. The summed E-state index contributed by atoms with van der Waals surface area (Å²) in [4.78, 5) is 4.31. The first-order valence-electron chi connectivity index (χ1n) is 6.93. The standard InChI is InChI=1S/C16H17BrN4O/c1-9-5-6-13(22-4)11(3)14(9)20-16-12(17)7-10(2)15-18-8-19-21(15)16/h5-8,20H,1-4H3. The Morgan fingerprint density at radius 3 is 2.68 bits per heavy atom. The number of hydrogen-bond donors (Lipinski definition) is 1. The van der Waals surface area contributed by atoms with Crippen LogP contribution in [0.5, 0.6) is 5.75 Å². The SMILES string of the molecule is COc1ccc(C)c(Nc2c(Br)cc(C)c3ncnn23)c1C. The van der Waals surface area contributed by atoms with Crippen LogP contribution in [-0.2, 0) is 0 Å². The van der Waals surface area contributed by atoms with Gasteiger partial charge in [-0.3, -0.25) is 0 Å². The predicted molar refractivity (Wildman–Crippen MR) is 91.2 cm³/mol. The summed E-state index contributed by atoms with van der Waals surface area (Å²) in [6.45, 7) is 6.12. The molecule has 6 heteroatoms. The summed E-state index contributed by atoms with van der Waals surface area (Å²) in [5.74, 6) is 1.70. The molecule has 1 N–H and O–H groups in total. The molecule has 0 fully saturated rings. The number of ether oxygens (including phenoxy) is 1. The predicted octanol–water partition coefficient (Wildman–Crippen LogP) is 4.17. The van der Waals surface area contributed by atoms with E-state index in [4.69, 9.17) is 4.74 Å². The Morgan fingerprint density at radius 1 is 1.18 bits per heavy atom. The van der Waals surface area contributed by atoms with Crippen molar-refractivity contribution >= 4 is 33.1 Å². The van der Waals surface area contributed by atoms with Crippen LogP contribution in [0.15, 0.2) is 29.0 Å². The van der Waals surface area contributed by atoms with Gasteiger partial charge >= 0.3 is 0 Å². The lowest BCUT2D eigenvalue weighted by atomic mass is 10.1. The number of fused-ring (bicyclic) bond motifs is 1. The van der Waals surface area contributed by atoms with Gasteiger partial charge in [-0.05, 0) is 60.0 Å². The van der Waals surface area contributed by atoms with E-state index in [1.807, 2.05) is 32.0 Å². The minimum atomic E-state index is 0.837. The molecule has 0 aliphatic rings. The maximum atomic E-state index is 5.41. The van der Waals surface area contributed by atoms with Gasteiger partial charge in [0.05, 0.1) is 11.6 Å². The number of anilines is 2. The second-order valence-corrected chi connectivity index (χ2v) is 6.08. The molecule has 114 valence electrons. The zero-order chi connectivity index (χ0) is 15.9. The molecule has 0 unspecified atom stereocenters. The van der Waals surface area contributed by atoms with Crippen LogP contribution in [0, 0.1) is 20.8 Å². The molecule has 3 rings (SSSR count). The van der Waals surface area contributed by atoms with Crippen LogP contribution in [0.3, 0.4) is 0 Å². The minimum Gasteiger partial charge on any atom is -0.496 e. The summed E-state index contributed by atoms with van der Waals surface area (Å²) in [7, 11) is 1.68. The van der Waals surface area contributed by atoms with Gasteiger partial charge in [0, 0.05) is 11.3 Å². The fourth-order valence-electron chi connectivity index (χ4n) is 2.57. The molecule has 0 spiro atoms. The van der Waals surface area contributed by atoms with Gasteiger partial charge in [-0.15, -0.1) is 0 Å². The van der Waals surface area contributed by atoms with Crippen molar-refractivity contribution in [2.75, 3.05) is 12.4 Å². The minimum absolute atomic E-state index is 0.837. The highest BCUT2D eigenvalue weighted by Crippen LogP contribution is 2.34. The summed E-state index contributed by atoms with van der Waals surface area (Å²) in [5, 5.41) is 7.79. The fraction of sp³-hybridized carbons (Fsp3) is 0.250. The zero-order valence-corrected chi connectivity index (χ0v) is 14.5. The summed E-state index contributed by atoms with van der Waals surface area (Å²) in [6, 6.07) is 6.05. The summed E-state index contributed by atoms with van der Waals surface area (Å²) in [6.07, 6.45) is 1.56. The van der Waals surface area contributed by atoms with E-state index < -0.39 is 0 Å². The van der Waals surface area contributed by atoms with E-state index in [9.17, 15) is 0 Å². The van der Waals surface area contributed by atoms with Crippen LogP contribution >= 0.6 is 15.9 Å². The largest absolute Gasteiger partial charge is 0.496 e. The van der Waals surface area contributed by atoms with Gasteiger partial charge in [0.2, 0.25) is 0 Å². The summed E-state index contributed by atoms with van der Waals surface area (Å²) < 4.78 is 8.15. The number of nitrogens with one attached hydrogen (secondary N) is 1. The molecule has 0 aliphatic carbocycles. The van der Waals surface area contributed by atoms with Gasteiger partial charge in [-0.1, -0.05) is 6.07 Å². The van der Waals surface area contributed by atoms with E-state index in [0.29, 0.717) is 0 Å². The third kappa shape index (κ3) is 2.33. The van der Waals surface area contributed by atoms with Crippen LogP contribution in [-0.4, -0.2) is 21.7 Å². The maximum absolute atomic E-state index is 5.41. The highest BCUT2D eigenvalue weighted by atomic mass is 79.9. The number of pyridine rings is 1. The Kier molecular flexibility index (Phi) is 3.78. The van der Waals surface area contributed by atoms with Gasteiger partial charge in [0.25, 0.3) is 0 Å². The molecule has 0 saturated carbocycles. The Hall–Kier alpha value is -2.08. The van der Waals surface area contributed by atoms with Crippen LogP contribution in [0.1, 0.15) is 16.7 Å². The Bertz CT molecular complexity index is 857. The van der Waals surface area contributed by atoms with Crippen LogP contribution in [0.2, 0.25) is 0 Å². The lowest BCUT2D eigenvalue weighted by Crippen LogP contribution is -2.05. The van der Waals surface area contributed by atoms with E-state index in [0.717, 1.165) is 44.1 Å². The zero-order valence-electron chi connectivity index (χ0n) is 12.9. The number of halogens is 1. The molecular formula is C16H17BrN4O.